The SMILES string of the molecule is Nc1c2c(nc3ccc(N4CCCC4)cc13)CCCCC2. The summed E-state index contributed by atoms with van der Waals surface area (Å²) < 4.78 is 0. The van der Waals surface area contributed by atoms with Gasteiger partial charge in [0.1, 0.15) is 0 Å². The van der Waals surface area contributed by atoms with Crippen LogP contribution in [0.5, 0.6) is 0 Å². The second-order valence-electron chi connectivity index (χ2n) is 6.41. The highest BCUT2D eigenvalue weighted by atomic mass is 15.1. The fourth-order valence-corrected chi connectivity index (χ4v) is 3.80. The Morgan fingerprint density at radius 2 is 1.76 bits per heavy atom. The summed E-state index contributed by atoms with van der Waals surface area (Å²) in [4.78, 5) is 7.37. The zero-order chi connectivity index (χ0) is 14.2. The van der Waals surface area contributed by atoms with Crippen molar-refractivity contribution in [2.45, 2.75) is 44.9 Å². The number of nitrogens with two attached hydrogens (primary N) is 1. The minimum absolute atomic E-state index is 0.984. The maximum Gasteiger partial charge on any atom is 0.0727 e. The Morgan fingerprint density at radius 1 is 0.952 bits per heavy atom. The second-order valence-corrected chi connectivity index (χ2v) is 6.41. The number of pyridine rings is 1. The zero-order valence-corrected chi connectivity index (χ0v) is 12.6. The van der Waals surface area contributed by atoms with Gasteiger partial charge in [0.2, 0.25) is 0 Å². The number of nitrogens with zero attached hydrogens (tertiary/aromatic N) is 2. The van der Waals surface area contributed by atoms with E-state index in [4.69, 9.17) is 10.7 Å². The fourth-order valence-electron chi connectivity index (χ4n) is 3.80. The number of benzene rings is 1. The molecular weight excluding hydrogens is 258 g/mol. The molecular formula is C18H23N3. The van der Waals surface area contributed by atoms with Gasteiger partial charge in [0.25, 0.3) is 0 Å². The molecule has 3 heteroatoms. The second kappa shape index (κ2) is 5.21. The van der Waals surface area contributed by atoms with E-state index in [-0.39, 0.29) is 0 Å². The molecule has 0 saturated carbocycles. The van der Waals surface area contributed by atoms with E-state index in [9.17, 15) is 0 Å². The molecule has 1 fully saturated rings. The van der Waals surface area contributed by atoms with E-state index in [1.54, 1.807) is 0 Å². The number of fused-ring (bicyclic) bond motifs is 2. The average molecular weight is 281 g/mol. The smallest absolute Gasteiger partial charge is 0.0727 e. The van der Waals surface area contributed by atoms with Crippen LogP contribution < -0.4 is 10.6 Å². The van der Waals surface area contributed by atoms with E-state index in [2.05, 4.69) is 23.1 Å². The molecule has 4 rings (SSSR count). The number of anilines is 2. The quantitative estimate of drug-likeness (QED) is 0.811. The number of rotatable bonds is 1. The molecule has 0 unspecified atom stereocenters. The highest BCUT2D eigenvalue weighted by molar-refractivity contribution is 5.94. The Morgan fingerprint density at radius 3 is 2.62 bits per heavy atom. The Labute approximate surface area is 126 Å². The predicted molar refractivity (Wildman–Crippen MR) is 88.9 cm³/mol. The summed E-state index contributed by atoms with van der Waals surface area (Å²) >= 11 is 0. The molecule has 2 aromatic rings. The van der Waals surface area contributed by atoms with Crippen LogP contribution >= 0.6 is 0 Å². The van der Waals surface area contributed by atoms with E-state index in [1.165, 1.54) is 62.1 Å². The summed E-state index contributed by atoms with van der Waals surface area (Å²) in [5.74, 6) is 0. The van der Waals surface area contributed by atoms with Crippen molar-refractivity contribution < 1.29 is 0 Å². The van der Waals surface area contributed by atoms with Crippen LogP contribution in [0.25, 0.3) is 10.9 Å². The summed E-state index contributed by atoms with van der Waals surface area (Å²) in [6.45, 7) is 2.34. The highest BCUT2D eigenvalue weighted by Gasteiger charge is 2.17. The van der Waals surface area contributed by atoms with Crippen LogP contribution in [-0.2, 0) is 12.8 Å². The van der Waals surface area contributed by atoms with Crippen molar-refractivity contribution in [3.05, 3.63) is 29.5 Å². The Kier molecular flexibility index (Phi) is 3.21. The lowest BCUT2D eigenvalue weighted by Gasteiger charge is -2.19. The molecule has 0 amide bonds. The first-order valence-electron chi connectivity index (χ1n) is 8.29. The molecule has 0 radical (unpaired) electrons. The first kappa shape index (κ1) is 12.9. The van der Waals surface area contributed by atoms with Crippen molar-refractivity contribution in [3.63, 3.8) is 0 Å². The third-order valence-corrected chi connectivity index (χ3v) is 5.01. The molecule has 1 aromatic carbocycles. The molecule has 1 saturated heterocycles. The molecule has 3 nitrogen and oxygen atoms in total. The van der Waals surface area contributed by atoms with Crippen molar-refractivity contribution in [3.8, 4) is 0 Å². The largest absolute Gasteiger partial charge is 0.398 e. The van der Waals surface area contributed by atoms with Crippen LogP contribution in [0.3, 0.4) is 0 Å². The van der Waals surface area contributed by atoms with Gasteiger partial charge in [-0.2, -0.15) is 0 Å². The summed E-state index contributed by atoms with van der Waals surface area (Å²) in [6.07, 6.45) is 8.57. The van der Waals surface area contributed by atoms with Gasteiger partial charge in [0.15, 0.2) is 0 Å². The molecule has 1 aliphatic carbocycles. The van der Waals surface area contributed by atoms with Gasteiger partial charge in [-0.05, 0) is 62.3 Å². The van der Waals surface area contributed by atoms with E-state index in [1.807, 2.05) is 0 Å². The van der Waals surface area contributed by atoms with Gasteiger partial charge in [0.05, 0.1) is 5.52 Å². The number of hydrogen-bond donors (Lipinski definition) is 1. The van der Waals surface area contributed by atoms with Gasteiger partial charge >= 0.3 is 0 Å². The molecule has 0 bridgehead atoms. The number of aromatic nitrogens is 1. The highest BCUT2D eigenvalue weighted by Crippen LogP contribution is 2.33. The van der Waals surface area contributed by atoms with Gasteiger partial charge in [-0.3, -0.25) is 4.98 Å². The molecule has 110 valence electrons. The van der Waals surface area contributed by atoms with Crippen molar-refractivity contribution in [1.82, 2.24) is 4.98 Å². The van der Waals surface area contributed by atoms with Gasteiger partial charge in [-0.15, -0.1) is 0 Å². The molecule has 2 aliphatic rings. The van der Waals surface area contributed by atoms with Gasteiger partial charge in [-0.25, -0.2) is 0 Å². The van der Waals surface area contributed by atoms with Crippen molar-refractivity contribution in [2.75, 3.05) is 23.7 Å². The van der Waals surface area contributed by atoms with Crippen molar-refractivity contribution >= 4 is 22.3 Å². The van der Waals surface area contributed by atoms with Crippen LogP contribution in [0.4, 0.5) is 11.4 Å². The van der Waals surface area contributed by atoms with Crippen LogP contribution in [-0.4, -0.2) is 18.1 Å². The summed E-state index contributed by atoms with van der Waals surface area (Å²) in [5, 5.41) is 1.15. The normalized spacial score (nSPS) is 18.8. The van der Waals surface area contributed by atoms with Crippen LogP contribution in [0.2, 0.25) is 0 Å². The first-order chi connectivity index (χ1) is 10.3. The molecule has 0 atom stereocenters. The topological polar surface area (TPSA) is 42.1 Å². The van der Waals surface area contributed by atoms with Crippen molar-refractivity contribution in [1.29, 1.82) is 0 Å². The maximum atomic E-state index is 6.52. The lowest BCUT2D eigenvalue weighted by Crippen LogP contribution is -2.17. The monoisotopic (exact) mass is 281 g/mol. The number of hydrogen-bond acceptors (Lipinski definition) is 3. The Bertz CT molecular complexity index is 672. The molecule has 1 aliphatic heterocycles. The average Bonchev–Trinajstić information content (AvgIpc) is 2.93. The van der Waals surface area contributed by atoms with E-state index in [0.29, 0.717) is 0 Å². The predicted octanol–water partition coefficient (Wildman–Crippen LogP) is 3.69. The van der Waals surface area contributed by atoms with E-state index < -0.39 is 0 Å². The fraction of sp³-hybridized carbons (Fsp3) is 0.500. The van der Waals surface area contributed by atoms with E-state index >= 15 is 0 Å². The summed E-state index contributed by atoms with van der Waals surface area (Å²) in [5.41, 5.74) is 12.4. The molecule has 21 heavy (non-hydrogen) atoms. The van der Waals surface area contributed by atoms with Gasteiger partial charge in [-0.1, -0.05) is 6.42 Å². The standard InChI is InChI=1S/C18H23N3/c19-18-14-6-2-1-3-7-16(14)20-17-9-8-13(12-15(17)18)21-10-4-5-11-21/h8-9,12H,1-7,10-11H2,(H2,19,20). The zero-order valence-electron chi connectivity index (χ0n) is 12.6. The van der Waals surface area contributed by atoms with E-state index in [0.717, 1.165) is 29.4 Å². The maximum absolute atomic E-state index is 6.52. The van der Waals surface area contributed by atoms with Gasteiger partial charge in [0, 0.05) is 35.5 Å². The number of nitrogen functional groups attached to an aromatic ring is 1. The third kappa shape index (κ3) is 2.25. The lowest BCUT2D eigenvalue weighted by molar-refractivity contribution is 0.709. The molecule has 0 spiro atoms. The minimum Gasteiger partial charge on any atom is -0.398 e. The molecule has 2 N–H and O–H groups in total. The Hall–Kier alpha value is -1.77. The first-order valence-corrected chi connectivity index (χ1v) is 8.29. The summed E-state index contributed by atoms with van der Waals surface area (Å²) in [7, 11) is 0. The lowest BCUT2D eigenvalue weighted by atomic mass is 10.0. The van der Waals surface area contributed by atoms with Crippen molar-refractivity contribution in [2.24, 2.45) is 0 Å². The Balaban J connectivity index is 1.84. The number of aryl methyl sites for hydroxylation is 1. The third-order valence-electron chi connectivity index (χ3n) is 5.01. The molecule has 2 heterocycles. The van der Waals surface area contributed by atoms with Crippen LogP contribution in [0, 0.1) is 0 Å². The molecule has 1 aromatic heterocycles. The van der Waals surface area contributed by atoms with Gasteiger partial charge < -0.3 is 10.6 Å². The minimum atomic E-state index is 0.984. The van der Waals surface area contributed by atoms with Crippen LogP contribution in [0.15, 0.2) is 18.2 Å². The summed E-state index contributed by atoms with van der Waals surface area (Å²) in [6, 6.07) is 6.63. The van der Waals surface area contributed by atoms with Crippen LogP contribution in [0.1, 0.15) is 43.4 Å².